The van der Waals surface area contributed by atoms with Gasteiger partial charge in [-0.3, -0.25) is 4.79 Å². The summed E-state index contributed by atoms with van der Waals surface area (Å²) in [4.78, 5) is 14.2. The number of amides is 1. The lowest BCUT2D eigenvalue weighted by Gasteiger charge is -2.37. The number of carbonyl (C=O) groups is 1. The fourth-order valence-electron chi connectivity index (χ4n) is 3.03. The first kappa shape index (κ1) is 14.8. The quantitative estimate of drug-likeness (QED) is 0.760. The molecule has 0 aliphatic carbocycles. The lowest BCUT2D eigenvalue weighted by molar-refractivity contribution is -0.117. The smallest absolute Gasteiger partial charge is 0.246 e. The third-order valence-corrected chi connectivity index (χ3v) is 5.06. The summed E-state index contributed by atoms with van der Waals surface area (Å²) in [6.07, 6.45) is 1.50. The highest BCUT2D eigenvalue weighted by molar-refractivity contribution is 9.10. The van der Waals surface area contributed by atoms with Gasteiger partial charge in [0, 0.05) is 28.8 Å². The van der Waals surface area contributed by atoms with Gasteiger partial charge in [-0.2, -0.15) is 0 Å². The number of rotatable bonds is 2. The largest absolute Gasteiger partial charge is 0.390 e. The number of anilines is 2. The molecule has 1 atom stereocenters. The van der Waals surface area contributed by atoms with Gasteiger partial charge in [-0.05, 0) is 54.9 Å². The third kappa shape index (κ3) is 2.67. The number of carbonyl (C=O) groups excluding carboxylic acids is 1. The zero-order chi connectivity index (χ0) is 15.2. The SMILES string of the molecule is CNC1C(=O)Nc2cc(N3CCC(C)(O)CC3)c(Br)cc21. The van der Waals surface area contributed by atoms with E-state index in [1.165, 1.54) is 0 Å². The molecule has 1 amide bonds. The van der Waals surface area contributed by atoms with Gasteiger partial charge in [0.25, 0.3) is 0 Å². The molecule has 0 spiro atoms. The van der Waals surface area contributed by atoms with E-state index in [0.717, 1.165) is 47.3 Å². The van der Waals surface area contributed by atoms with Gasteiger partial charge in [0.2, 0.25) is 5.91 Å². The van der Waals surface area contributed by atoms with E-state index < -0.39 is 5.60 Å². The van der Waals surface area contributed by atoms with Crippen LogP contribution < -0.4 is 15.5 Å². The van der Waals surface area contributed by atoms with Crippen LogP contribution in [0.3, 0.4) is 0 Å². The Morgan fingerprint density at radius 1 is 1.43 bits per heavy atom. The maximum absolute atomic E-state index is 11.9. The number of hydrogen-bond acceptors (Lipinski definition) is 4. The second-order valence-corrected chi connectivity index (χ2v) is 6.94. The van der Waals surface area contributed by atoms with Crippen LogP contribution in [0.2, 0.25) is 0 Å². The van der Waals surface area contributed by atoms with E-state index in [2.05, 4.69) is 31.5 Å². The van der Waals surface area contributed by atoms with Crippen LogP contribution in [0.4, 0.5) is 11.4 Å². The van der Waals surface area contributed by atoms with Crippen molar-refractivity contribution in [2.75, 3.05) is 30.4 Å². The van der Waals surface area contributed by atoms with E-state index in [1.807, 2.05) is 19.1 Å². The average molecular weight is 354 g/mol. The lowest BCUT2D eigenvalue weighted by Crippen LogP contribution is -2.42. The summed E-state index contributed by atoms with van der Waals surface area (Å²) < 4.78 is 0.986. The number of nitrogens with zero attached hydrogens (tertiary/aromatic N) is 1. The molecule has 1 aromatic rings. The van der Waals surface area contributed by atoms with E-state index in [-0.39, 0.29) is 11.9 Å². The van der Waals surface area contributed by atoms with E-state index in [1.54, 1.807) is 7.05 Å². The molecule has 21 heavy (non-hydrogen) atoms. The summed E-state index contributed by atoms with van der Waals surface area (Å²) in [7, 11) is 1.79. The molecule has 1 saturated heterocycles. The van der Waals surface area contributed by atoms with Crippen LogP contribution in [-0.4, -0.2) is 36.8 Å². The number of aliphatic hydroxyl groups is 1. The van der Waals surface area contributed by atoms with Crippen LogP contribution in [-0.2, 0) is 4.79 Å². The van der Waals surface area contributed by atoms with Gasteiger partial charge in [-0.1, -0.05) is 0 Å². The average Bonchev–Trinajstić information content (AvgIpc) is 2.72. The van der Waals surface area contributed by atoms with Crippen molar-refractivity contribution in [3.63, 3.8) is 0 Å². The minimum Gasteiger partial charge on any atom is -0.390 e. The van der Waals surface area contributed by atoms with Gasteiger partial charge in [-0.25, -0.2) is 0 Å². The van der Waals surface area contributed by atoms with E-state index in [4.69, 9.17) is 0 Å². The third-order valence-electron chi connectivity index (χ3n) is 4.42. The monoisotopic (exact) mass is 353 g/mol. The zero-order valence-electron chi connectivity index (χ0n) is 12.2. The molecule has 2 heterocycles. The van der Waals surface area contributed by atoms with Gasteiger partial charge in [0.1, 0.15) is 6.04 Å². The highest BCUT2D eigenvalue weighted by Gasteiger charge is 2.32. The fourth-order valence-corrected chi connectivity index (χ4v) is 3.64. The molecule has 0 aromatic heterocycles. The van der Waals surface area contributed by atoms with Gasteiger partial charge in [-0.15, -0.1) is 0 Å². The maximum Gasteiger partial charge on any atom is 0.246 e. The molecule has 114 valence electrons. The van der Waals surface area contributed by atoms with Gasteiger partial charge in [0.15, 0.2) is 0 Å². The number of piperidine rings is 1. The summed E-state index contributed by atoms with van der Waals surface area (Å²) in [6.45, 7) is 3.52. The Bertz CT molecular complexity index is 579. The summed E-state index contributed by atoms with van der Waals surface area (Å²) in [6, 6.07) is 3.75. The Kier molecular flexibility index (Phi) is 3.71. The molecule has 6 heteroatoms. The molecule has 3 N–H and O–H groups in total. The molecule has 3 rings (SSSR count). The Hall–Kier alpha value is -1.11. The molecule has 0 radical (unpaired) electrons. The van der Waals surface area contributed by atoms with Crippen LogP contribution in [0.1, 0.15) is 31.4 Å². The van der Waals surface area contributed by atoms with Gasteiger partial charge in [0.05, 0.1) is 11.3 Å². The molecular formula is C15H20BrN3O2. The maximum atomic E-state index is 11.9. The van der Waals surface area contributed by atoms with Crippen molar-refractivity contribution in [2.24, 2.45) is 0 Å². The summed E-state index contributed by atoms with van der Waals surface area (Å²) in [5, 5.41) is 16.0. The Labute approximate surface area is 132 Å². The first-order valence-corrected chi connectivity index (χ1v) is 7.99. The van der Waals surface area contributed by atoms with Crippen molar-refractivity contribution in [1.29, 1.82) is 0 Å². The normalized spacial score (nSPS) is 23.9. The topological polar surface area (TPSA) is 64.6 Å². The number of hydrogen-bond donors (Lipinski definition) is 3. The van der Waals surface area contributed by atoms with Crippen molar-refractivity contribution in [1.82, 2.24) is 5.32 Å². The van der Waals surface area contributed by atoms with Crippen LogP contribution in [0.15, 0.2) is 16.6 Å². The van der Waals surface area contributed by atoms with E-state index in [9.17, 15) is 9.90 Å². The van der Waals surface area contributed by atoms with Crippen molar-refractivity contribution in [2.45, 2.75) is 31.4 Å². The predicted molar refractivity (Wildman–Crippen MR) is 86.6 cm³/mol. The molecule has 5 nitrogen and oxygen atoms in total. The van der Waals surface area contributed by atoms with Crippen molar-refractivity contribution in [3.05, 3.63) is 22.2 Å². The van der Waals surface area contributed by atoms with Crippen LogP contribution >= 0.6 is 15.9 Å². The van der Waals surface area contributed by atoms with Crippen LogP contribution in [0.5, 0.6) is 0 Å². The standard InChI is InChI=1S/C15H20BrN3O2/c1-15(21)3-5-19(6-4-15)12-8-11-9(7-10(12)16)13(17-2)14(20)18-11/h7-8,13,17,21H,3-6H2,1-2H3,(H,18,20). The second-order valence-electron chi connectivity index (χ2n) is 6.09. The van der Waals surface area contributed by atoms with Crippen molar-refractivity contribution in [3.8, 4) is 0 Å². The second kappa shape index (κ2) is 5.26. The van der Waals surface area contributed by atoms with E-state index >= 15 is 0 Å². The Balaban J connectivity index is 1.89. The fraction of sp³-hybridized carbons (Fsp3) is 0.533. The molecule has 2 aliphatic rings. The number of fused-ring (bicyclic) bond motifs is 1. The van der Waals surface area contributed by atoms with Crippen molar-refractivity contribution >= 4 is 33.2 Å². The Morgan fingerprint density at radius 3 is 2.71 bits per heavy atom. The van der Waals surface area contributed by atoms with Crippen LogP contribution in [0.25, 0.3) is 0 Å². The number of likely N-dealkylation sites (N-methyl/N-ethyl adjacent to an activating group) is 1. The van der Waals surface area contributed by atoms with Gasteiger partial charge < -0.3 is 20.6 Å². The predicted octanol–water partition coefficient (Wildman–Crippen LogP) is 2.01. The summed E-state index contributed by atoms with van der Waals surface area (Å²) >= 11 is 3.62. The first-order chi connectivity index (χ1) is 9.91. The summed E-state index contributed by atoms with van der Waals surface area (Å²) in [5.74, 6) is -0.0156. The molecular weight excluding hydrogens is 334 g/mol. The van der Waals surface area contributed by atoms with Crippen molar-refractivity contribution < 1.29 is 9.90 Å². The highest BCUT2D eigenvalue weighted by atomic mass is 79.9. The number of halogens is 1. The molecule has 0 saturated carbocycles. The number of nitrogens with one attached hydrogen (secondary N) is 2. The lowest BCUT2D eigenvalue weighted by atomic mass is 9.93. The molecule has 0 bridgehead atoms. The minimum atomic E-state index is -0.564. The Morgan fingerprint density at radius 2 is 2.10 bits per heavy atom. The minimum absolute atomic E-state index is 0.0156. The van der Waals surface area contributed by atoms with E-state index in [0.29, 0.717) is 0 Å². The zero-order valence-corrected chi connectivity index (χ0v) is 13.8. The molecule has 1 fully saturated rings. The van der Waals surface area contributed by atoms with Gasteiger partial charge >= 0.3 is 0 Å². The number of benzene rings is 1. The molecule has 1 unspecified atom stereocenters. The highest BCUT2D eigenvalue weighted by Crippen LogP contribution is 2.40. The molecule has 2 aliphatic heterocycles. The van der Waals surface area contributed by atoms with Crippen LogP contribution in [0, 0.1) is 0 Å². The molecule has 1 aromatic carbocycles. The first-order valence-electron chi connectivity index (χ1n) is 7.20. The summed E-state index contributed by atoms with van der Waals surface area (Å²) in [5.41, 5.74) is 2.35.